The third-order valence-corrected chi connectivity index (χ3v) is 6.69. The number of piperidine rings is 1. The Balaban J connectivity index is 1.64. The average Bonchev–Trinajstić information content (AvgIpc) is 3.38. The van der Waals surface area contributed by atoms with Crippen LogP contribution in [0.25, 0.3) is 0 Å². The van der Waals surface area contributed by atoms with Crippen molar-refractivity contribution in [2.45, 2.75) is 69.3 Å². The SMILES string of the molecule is COc1cc(CC2CC2)c2c(c1)[C@]13CCN[C@H](C2)[C@@H]1OC(C)(C)OC3. The molecule has 0 aromatic heterocycles. The van der Waals surface area contributed by atoms with E-state index < -0.39 is 5.79 Å². The molecule has 4 aliphatic rings. The molecule has 2 saturated heterocycles. The van der Waals surface area contributed by atoms with Crippen LogP contribution in [-0.2, 0) is 27.7 Å². The molecule has 3 atom stereocenters. The first-order chi connectivity index (χ1) is 12.0. The van der Waals surface area contributed by atoms with Gasteiger partial charge in [0, 0.05) is 11.5 Å². The van der Waals surface area contributed by atoms with Crippen molar-refractivity contribution in [2.24, 2.45) is 5.92 Å². The van der Waals surface area contributed by atoms with Crippen molar-refractivity contribution < 1.29 is 14.2 Å². The third kappa shape index (κ3) is 2.53. The summed E-state index contributed by atoms with van der Waals surface area (Å²) in [6.07, 6.45) is 6.25. The second-order valence-corrected chi connectivity index (χ2v) is 8.86. The molecule has 5 rings (SSSR count). The van der Waals surface area contributed by atoms with Crippen LogP contribution in [0.15, 0.2) is 12.1 Å². The zero-order chi connectivity index (χ0) is 17.2. The Morgan fingerprint density at radius 2 is 2.12 bits per heavy atom. The Morgan fingerprint density at radius 1 is 1.28 bits per heavy atom. The van der Waals surface area contributed by atoms with Gasteiger partial charge in [-0.15, -0.1) is 0 Å². The highest BCUT2D eigenvalue weighted by Crippen LogP contribution is 2.51. The molecule has 4 nitrogen and oxygen atoms in total. The monoisotopic (exact) mass is 343 g/mol. The van der Waals surface area contributed by atoms with E-state index >= 15 is 0 Å². The number of fused-ring (bicyclic) bond motifs is 1. The summed E-state index contributed by atoms with van der Waals surface area (Å²) in [7, 11) is 1.78. The minimum atomic E-state index is -0.501. The van der Waals surface area contributed by atoms with Gasteiger partial charge in [-0.1, -0.05) is 0 Å². The van der Waals surface area contributed by atoms with Gasteiger partial charge in [0.05, 0.1) is 19.8 Å². The summed E-state index contributed by atoms with van der Waals surface area (Å²) in [5.74, 6) is 1.36. The first-order valence-corrected chi connectivity index (χ1v) is 9.76. The van der Waals surface area contributed by atoms with Crippen molar-refractivity contribution >= 4 is 0 Å². The molecule has 136 valence electrons. The lowest BCUT2D eigenvalue weighted by Gasteiger charge is -2.58. The van der Waals surface area contributed by atoms with Crippen LogP contribution in [0.1, 0.15) is 49.8 Å². The molecule has 0 radical (unpaired) electrons. The lowest BCUT2D eigenvalue weighted by Crippen LogP contribution is -2.69. The highest BCUT2D eigenvalue weighted by atomic mass is 16.7. The molecule has 2 aliphatic heterocycles. The van der Waals surface area contributed by atoms with E-state index in [0.717, 1.165) is 37.7 Å². The van der Waals surface area contributed by atoms with Gasteiger partial charge in [0.1, 0.15) is 5.75 Å². The first kappa shape index (κ1) is 16.1. The molecule has 0 unspecified atom stereocenters. The normalized spacial score (nSPS) is 35.6. The summed E-state index contributed by atoms with van der Waals surface area (Å²) >= 11 is 0. The van der Waals surface area contributed by atoms with E-state index in [1.807, 2.05) is 13.8 Å². The van der Waals surface area contributed by atoms with E-state index in [-0.39, 0.29) is 11.5 Å². The molecule has 0 spiro atoms. The summed E-state index contributed by atoms with van der Waals surface area (Å²) in [6.45, 7) is 5.85. The van der Waals surface area contributed by atoms with Gasteiger partial charge in [0.2, 0.25) is 0 Å². The van der Waals surface area contributed by atoms with E-state index in [4.69, 9.17) is 14.2 Å². The number of benzene rings is 1. The van der Waals surface area contributed by atoms with Gasteiger partial charge in [-0.05, 0) is 87.2 Å². The topological polar surface area (TPSA) is 39.7 Å². The molecule has 2 heterocycles. The number of hydrogen-bond acceptors (Lipinski definition) is 4. The Kier molecular flexibility index (Phi) is 3.51. The minimum Gasteiger partial charge on any atom is -0.497 e. The number of nitrogens with one attached hydrogen (secondary N) is 1. The van der Waals surface area contributed by atoms with Crippen LogP contribution in [0, 0.1) is 5.92 Å². The molecule has 1 aromatic rings. The molecular formula is C21H29NO3. The van der Waals surface area contributed by atoms with E-state index in [0.29, 0.717) is 6.04 Å². The zero-order valence-corrected chi connectivity index (χ0v) is 15.6. The molecule has 1 aromatic carbocycles. The van der Waals surface area contributed by atoms with Gasteiger partial charge in [-0.3, -0.25) is 0 Å². The summed E-state index contributed by atoms with van der Waals surface area (Å²) in [6, 6.07) is 4.93. The first-order valence-electron chi connectivity index (χ1n) is 9.76. The van der Waals surface area contributed by atoms with E-state index in [9.17, 15) is 0 Å². The zero-order valence-electron chi connectivity index (χ0n) is 15.6. The summed E-state index contributed by atoms with van der Waals surface area (Å²) in [4.78, 5) is 0. The van der Waals surface area contributed by atoms with Crippen molar-refractivity contribution in [1.82, 2.24) is 5.32 Å². The van der Waals surface area contributed by atoms with Crippen LogP contribution in [0.2, 0.25) is 0 Å². The average molecular weight is 343 g/mol. The number of ether oxygens (including phenoxy) is 3. The number of methoxy groups -OCH3 is 1. The van der Waals surface area contributed by atoms with Gasteiger partial charge >= 0.3 is 0 Å². The predicted molar refractivity (Wildman–Crippen MR) is 96.1 cm³/mol. The van der Waals surface area contributed by atoms with Gasteiger partial charge in [-0.25, -0.2) is 0 Å². The van der Waals surface area contributed by atoms with Crippen molar-refractivity contribution in [3.8, 4) is 5.75 Å². The Bertz CT molecular complexity index is 697. The van der Waals surface area contributed by atoms with Gasteiger partial charge in [0.25, 0.3) is 0 Å². The smallest absolute Gasteiger partial charge is 0.163 e. The van der Waals surface area contributed by atoms with Gasteiger partial charge < -0.3 is 19.5 Å². The van der Waals surface area contributed by atoms with Crippen LogP contribution < -0.4 is 10.1 Å². The lowest BCUT2D eigenvalue weighted by atomic mass is 9.61. The highest BCUT2D eigenvalue weighted by Gasteiger charge is 2.57. The highest BCUT2D eigenvalue weighted by molar-refractivity contribution is 5.51. The second kappa shape index (κ2) is 5.45. The van der Waals surface area contributed by atoms with E-state index in [1.54, 1.807) is 7.11 Å². The maximum absolute atomic E-state index is 6.47. The minimum absolute atomic E-state index is 0.0359. The Labute approximate surface area is 150 Å². The second-order valence-electron chi connectivity index (χ2n) is 8.86. The van der Waals surface area contributed by atoms with Crippen LogP contribution in [0.3, 0.4) is 0 Å². The summed E-state index contributed by atoms with van der Waals surface area (Å²) < 4.78 is 18.3. The van der Waals surface area contributed by atoms with Crippen LogP contribution in [0.4, 0.5) is 0 Å². The fourth-order valence-corrected chi connectivity index (χ4v) is 5.19. The maximum Gasteiger partial charge on any atom is 0.163 e. The van der Waals surface area contributed by atoms with Crippen molar-refractivity contribution in [3.63, 3.8) is 0 Å². The van der Waals surface area contributed by atoms with Crippen molar-refractivity contribution in [2.75, 3.05) is 20.3 Å². The fraction of sp³-hybridized carbons (Fsp3) is 0.714. The molecule has 3 fully saturated rings. The lowest BCUT2D eigenvalue weighted by molar-refractivity contribution is -0.313. The Hall–Kier alpha value is -1.10. The Morgan fingerprint density at radius 3 is 2.88 bits per heavy atom. The summed E-state index contributed by atoms with van der Waals surface area (Å²) in [5.41, 5.74) is 4.42. The van der Waals surface area contributed by atoms with Crippen LogP contribution in [-0.4, -0.2) is 38.2 Å². The van der Waals surface area contributed by atoms with Crippen LogP contribution in [0.5, 0.6) is 5.75 Å². The van der Waals surface area contributed by atoms with Crippen molar-refractivity contribution in [1.29, 1.82) is 0 Å². The predicted octanol–water partition coefficient (Wildman–Crippen LogP) is 2.96. The van der Waals surface area contributed by atoms with Gasteiger partial charge in [-0.2, -0.15) is 0 Å². The molecule has 25 heavy (non-hydrogen) atoms. The molecule has 2 aliphatic carbocycles. The molecule has 0 amide bonds. The number of rotatable bonds is 3. The van der Waals surface area contributed by atoms with E-state index in [2.05, 4.69) is 17.4 Å². The van der Waals surface area contributed by atoms with Gasteiger partial charge in [0.15, 0.2) is 5.79 Å². The number of hydrogen-bond donors (Lipinski definition) is 1. The fourth-order valence-electron chi connectivity index (χ4n) is 5.19. The quantitative estimate of drug-likeness (QED) is 0.916. The summed E-state index contributed by atoms with van der Waals surface area (Å²) in [5, 5.41) is 3.74. The molecule has 1 saturated carbocycles. The third-order valence-electron chi connectivity index (χ3n) is 6.69. The molecule has 1 N–H and O–H groups in total. The van der Waals surface area contributed by atoms with E-state index in [1.165, 1.54) is 36.0 Å². The molecular weight excluding hydrogens is 314 g/mol. The van der Waals surface area contributed by atoms with Crippen molar-refractivity contribution in [3.05, 3.63) is 28.8 Å². The molecule has 4 heteroatoms. The molecule has 2 bridgehead atoms. The standard InChI is InChI=1S/C21H29NO3/c1-20(2)24-12-21-6-7-22-18(19(21)25-20)11-16-14(8-13-4-5-13)9-15(23-3)10-17(16)21/h9-10,13,18-19,22H,4-8,11-12H2,1-3H3/t18-,19+,21-/m1/s1. The maximum atomic E-state index is 6.47. The largest absolute Gasteiger partial charge is 0.497 e. The van der Waals surface area contributed by atoms with Crippen LogP contribution >= 0.6 is 0 Å².